The number of aromatic nitrogens is 2. The molecule has 3 aromatic rings. The Morgan fingerprint density at radius 2 is 1.76 bits per heavy atom. The van der Waals surface area contributed by atoms with Gasteiger partial charge in [-0.2, -0.15) is 0 Å². The second-order valence-electron chi connectivity index (χ2n) is 5.95. The van der Waals surface area contributed by atoms with E-state index in [1.54, 1.807) is 18.0 Å². The van der Waals surface area contributed by atoms with E-state index < -0.39 is 5.09 Å². The molecular weight excluding hydrogens is 457 g/mol. The molecule has 0 amide bonds. The quantitative estimate of drug-likeness (QED) is 0.247. The van der Waals surface area contributed by atoms with Gasteiger partial charge in [0.05, 0.1) is 16.4 Å². The topological polar surface area (TPSA) is 81.2 Å². The van der Waals surface area contributed by atoms with E-state index >= 15 is 0 Å². The molecule has 0 unspecified atom stereocenters. The fourth-order valence-electron chi connectivity index (χ4n) is 2.56. The van der Waals surface area contributed by atoms with Gasteiger partial charge in [0, 0.05) is 34.1 Å². The van der Waals surface area contributed by atoms with Crippen molar-refractivity contribution in [2.75, 3.05) is 0 Å². The van der Waals surface area contributed by atoms with Gasteiger partial charge in [-0.05, 0) is 42.7 Å². The molecule has 0 aliphatic carbocycles. The summed E-state index contributed by atoms with van der Waals surface area (Å²) in [6, 6.07) is 13.6. The number of hydrogen-bond acceptors (Lipinski definition) is 4. The summed E-state index contributed by atoms with van der Waals surface area (Å²) in [5, 5.41) is 16.1. The molecule has 0 aliphatic heterocycles. The molecule has 0 spiro atoms. The van der Waals surface area contributed by atoms with E-state index in [1.165, 1.54) is 5.56 Å². The molecule has 1 heterocycles. The van der Waals surface area contributed by atoms with Crippen molar-refractivity contribution in [2.45, 2.75) is 29.5 Å². The van der Waals surface area contributed by atoms with E-state index in [0.29, 0.717) is 15.3 Å². The predicted octanol–water partition coefficient (Wildman–Crippen LogP) is 6.29. The first-order valence-corrected chi connectivity index (χ1v) is 10.5. The van der Waals surface area contributed by atoms with Crippen LogP contribution in [0.15, 0.2) is 66.1 Å². The fourth-order valence-corrected chi connectivity index (χ4v) is 4.53. The van der Waals surface area contributed by atoms with E-state index in [1.807, 2.05) is 42.9 Å². The SMILES string of the molecule is Clc1ccc(CC[C@@H](Cn2ccnc2)Sc2c(Cl)cccc2Cl)cc1.O=[N+]([O-])O. The molecule has 29 heavy (non-hydrogen) atoms. The van der Waals surface area contributed by atoms with Gasteiger partial charge >= 0.3 is 0 Å². The van der Waals surface area contributed by atoms with Crippen molar-refractivity contribution in [1.29, 1.82) is 0 Å². The van der Waals surface area contributed by atoms with Crippen LogP contribution in [0.5, 0.6) is 0 Å². The number of imidazole rings is 1. The lowest BCUT2D eigenvalue weighted by atomic mass is 10.1. The third-order valence-electron chi connectivity index (χ3n) is 3.85. The number of thioether (sulfide) groups is 1. The van der Waals surface area contributed by atoms with Crippen molar-refractivity contribution >= 4 is 46.6 Å². The van der Waals surface area contributed by atoms with Crippen molar-refractivity contribution in [1.82, 2.24) is 9.55 Å². The average molecular weight is 475 g/mol. The molecule has 154 valence electrons. The molecule has 2 aromatic carbocycles. The summed E-state index contributed by atoms with van der Waals surface area (Å²) in [6.07, 6.45) is 7.56. The summed E-state index contributed by atoms with van der Waals surface area (Å²) in [6.45, 7) is 0.847. The van der Waals surface area contributed by atoms with Crippen LogP contribution in [0.1, 0.15) is 12.0 Å². The van der Waals surface area contributed by atoms with Crippen LogP contribution in [0.2, 0.25) is 15.1 Å². The Kier molecular flexibility index (Phi) is 9.60. The summed E-state index contributed by atoms with van der Waals surface area (Å²) in [4.78, 5) is 13.4. The van der Waals surface area contributed by atoms with Gasteiger partial charge in [-0.15, -0.1) is 21.9 Å². The second-order valence-corrected chi connectivity index (χ2v) is 8.51. The molecular formula is C19H18Cl3N3O3S. The number of rotatable bonds is 7. The van der Waals surface area contributed by atoms with E-state index in [2.05, 4.69) is 21.7 Å². The minimum Gasteiger partial charge on any atom is -0.336 e. The zero-order chi connectivity index (χ0) is 21.2. The number of hydrogen-bond donors (Lipinski definition) is 1. The molecule has 1 aromatic heterocycles. The highest BCUT2D eigenvalue weighted by Gasteiger charge is 2.16. The summed E-state index contributed by atoms with van der Waals surface area (Å²) in [7, 11) is 0. The van der Waals surface area contributed by atoms with Gasteiger partial charge in [0.25, 0.3) is 5.09 Å². The highest BCUT2D eigenvalue weighted by molar-refractivity contribution is 8.00. The van der Waals surface area contributed by atoms with E-state index in [0.717, 1.165) is 29.3 Å². The monoisotopic (exact) mass is 473 g/mol. The predicted molar refractivity (Wildman–Crippen MR) is 117 cm³/mol. The largest absolute Gasteiger partial charge is 0.336 e. The average Bonchev–Trinajstić information content (AvgIpc) is 3.16. The van der Waals surface area contributed by atoms with E-state index in [4.69, 9.17) is 50.1 Å². The number of benzene rings is 2. The van der Waals surface area contributed by atoms with Gasteiger partial charge < -0.3 is 9.77 Å². The molecule has 3 rings (SSSR count). The zero-order valence-corrected chi connectivity index (χ0v) is 18.2. The summed E-state index contributed by atoms with van der Waals surface area (Å²) >= 11 is 20.4. The summed E-state index contributed by atoms with van der Waals surface area (Å²) in [5.74, 6) is 0. The van der Waals surface area contributed by atoms with Crippen molar-refractivity contribution in [3.8, 4) is 0 Å². The van der Waals surface area contributed by atoms with Gasteiger partial charge in [0.2, 0.25) is 0 Å². The first-order valence-electron chi connectivity index (χ1n) is 8.49. The Labute approximate surface area is 187 Å². The van der Waals surface area contributed by atoms with Gasteiger partial charge in [-0.3, -0.25) is 0 Å². The van der Waals surface area contributed by atoms with Crippen LogP contribution in [0, 0.1) is 10.1 Å². The van der Waals surface area contributed by atoms with Crippen molar-refractivity contribution in [3.63, 3.8) is 0 Å². The Morgan fingerprint density at radius 1 is 1.14 bits per heavy atom. The highest BCUT2D eigenvalue weighted by Crippen LogP contribution is 2.38. The van der Waals surface area contributed by atoms with Crippen LogP contribution >= 0.6 is 46.6 Å². The first-order chi connectivity index (χ1) is 13.8. The molecule has 1 N–H and O–H groups in total. The van der Waals surface area contributed by atoms with Crippen LogP contribution in [-0.2, 0) is 13.0 Å². The molecule has 0 radical (unpaired) electrons. The lowest BCUT2D eigenvalue weighted by Gasteiger charge is -2.19. The number of aryl methyl sites for hydroxylation is 1. The van der Waals surface area contributed by atoms with E-state index in [9.17, 15) is 0 Å². The molecule has 10 heteroatoms. The normalized spacial score (nSPS) is 11.4. The van der Waals surface area contributed by atoms with Crippen molar-refractivity contribution < 1.29 is 10.3 Å². The van der Waals surface area contributed by atoms with Gasteiger partial charge in [0.15, 0.2) is 0 Å². The van der Waals surface area contributed by atoms with Crippen LogP contribution in [0.25, 0.3) is 0 Å². The van der Waals surface area contributed by atoms with Crippen LogP contribution in [-0.4, -0.2) is 25.1 Å². The molecule has 1 atom stereocenters. The Bertz CT molecular complexity index is 885. The highest BCUT2D eigenvalue weighted by atomic mass is 35.5. The number of nitrogens with zero attached hydrogens (tertiary/aromatic N) is 3. The second kappa shape index (κ2) is 11.9. The van der Waals surface area contributed by atoms with E-state index in [-0.39, 0.29) is 0 Å². The summed E-state index contributed by atoms with van der Waals surface area (Å²) in [5.41, 5.74) is 1.27. The molecule has 0 fully saturated rings. The lowest BCUT2D eigenvalue weighted by Crippen LogP contribution is -2.13. The van der Waals surface area contributed by atoms with Crippen molar-refractivity contribution in [3.05, 3.63) is 91.9 Å². The molecule has 0 bridgehead atoms. The maximum absolute atomic E-state index is 8.36. The minimum atomic E-state index is -1.50. The maximum atomic E-state index is 8.36. The van der Waals surface area contributed by atoms with Gasteiger partial charge in [0.1, 0.15) is 0 Å². The third kappa shape index (κ3) is 8.53. The maximum Gasteiger partial charge on any atom is 0.291 e. The van der Waals surface area contributed by atoms with Crippen LogP contribution in [0.4, 0.5) is 0 Å². The smallest absolute Gasteiger partial charge is 0.291 e. The van der Waals surface area contributed by atoms with Crippen LogP contribution < -0.4 is 0 Å². The third-order valence-corrected chi connectivity index (χ3v) is 6.35. The number of halogens is 3. The standard InChI is InChI=1S/C19H17Cl3N2S.HNO3/c20-15-7-4-14(5-8-15)6-9-16(12-24-11-10-23-13-24)25-19-17(21)2-1-3-18(19)22;2-1(3)4/h1-5,7-8,10-11,13,16H,6,9,12H2;(H,2,3,4)/t16-;/m0./s1. The minimum absolute atomic E-state index is 0.322. The Morgan fingerprint density at radius 3 is 2.31 bits per heavy atom. The van der Waals surface area contributed by atoms with Crippen LogP contribution in [0.3, 0.4) is 0 Å². The molecule has 0 aliphatic rings. The molecule has 0 saturated carbocycles. The summed E-state index contributed by atoms with van der Waals surface area (Å²) < 4.78 is 2.09. The lowest BCUT2D eigenvalue weighted by molar-refractivity contribution is -0.742. The molecule has 0 saturated heterocycles. The Balaban J connectivity index is 0.000000687. The van der Waals surface area contributed by atoms with Gasteiger partial charge in [-0.1, -0.05) is 53.0 Å². The van der Waals surface area contributed by atoms with Gasteiger partial charge in [-0.25, -0.2) is 4.98 Å². The molecule has 6 nitrogen and oxygen atoms in total. The zero-order valence-electron chi connectivity index (χ0n) is 15.1. The fraction of sp³-hybridized carbons (Fsp3) is 0.211. The van der Waals surface area contributed by atoms with Crippen molar-refractivity contribution in [2.24, 2.45) is 0 Å². The first kappa shape index (κ1) is 23.3. The Hall–Kier alpha value is -1.93.